The van der Waals surface area contributed by atoms with Gasteiger partial charge in [0.1, 0.15) is 24.4 Å². The fourth-order valence-corrected chi connectivity index (χ4v) is 5.75. The van der Waals surface area contributed by atoms with Crippen LogP contribution in [0.25, 0.3) is 0 Å². The molecule has 3 fully saturated rings. The summed E-state index contributed by atoms with van der Waals surface area (Å²) in [6.07, 6.45) is -3.48. The van der Waals surface area contributed by atoms with Crippen LogP contribution in [0, 0.1) is 17.3 Å². The molecule has 8 nitrogen and oxygen atoms in total. The van der Waals surface area contributed by atoms with Gasteiger partial charge in [-0.05, 0) is 52.5 Å². The maximum Gasteiger partial charge on any atom is 0.187 e. The topological polar surface area (TPSA) is 129 Å². The summed E-state index contributed by atoms with van der Waals surface area (Å²) in [6, 6.07) is 0. The molecule has 2 saturated heterocycles. The lowest BCUT2D eigenvalue weighted by molar-refractivity contribution is -0.331. The predicted octanol–water partition coefficient (Wildman–Crippen LogP) is -0.0896. The van der Waals surface area contributed by atoms with Gasteiger partial charge < -0.3 is 34.6 Å². The van der Waals surface area contributed by atoms with Crippen molar-refractivity contribution in [3.8, 4) is 0 Å². The first-order valence-electron chi connectivity index (χ1n) is 10.4. The molecule has 2 aliphatic heterocycles. The number of epoxide rings is 1. The molecule has 0 bridgehead atoms. The summed E-state index contributed by atoms with van der Waals surface area (Å²) in [7, 11) is 0. The smallest absolute Gasteiger partial charge is 0.187 e. The molecule has 4 aliphatic rings. The number of rotatable bonds is 4. The Balaban J connectivity index is 1.57. The summed E-state index contributed by atoms with van der Waals surface area (Å²) in [5.74, 6) is 0.0385. The minimum absolute atomic E-state index is 0.0485. The standard InChI is InChI=1S/C21H32O8/c1-9-5-6-10-13(17-18(28-17)21(10,4)12(23)7-9)20(2,3)29-19-16(26)15(25)14(24)11(8-22)27-19/h7,10-11,13-19,22,24-26H,5-6,8H2,1-4H3. The number of hydrogen-bond donors (Lipinski definition) is 4. The van der Waals surface area contributed by atoms with E-state index < -0.39 is 48.3 Å². The molecule has 0 aromatic heterocycles. The minimum atomic E-state index is -1.49. The van der Waals surface area contributed by atoms with E-state index in [4.69, 9.17) is 14.2 Å². The number of aliphatic hydroxyl groups is 4. The number of ketones is 1. The molecule has 10 unspecified atom stereocenters. The molecule has 164 valence electrons. The van der Waals surface area contributed by atoms with Gasteiger partial charge in [0.15, 0.2) is 12.1 Å². The number of fused-ring (bicyclic) bond motifs is 3. The summed E-state index contributed by atoms with van der Waals surface area (Å²) < 4.78 is 17.6. The molecule has 0 aromatic rings. The van der Waals surface area contributed by atoms with Gasteiger partial charge >= 0.3 is 0 Å². The molecule has 4 rings (SSSR count). The number of aliphatic hydroxyl groups excluding tert-OH is 4. The van der Waals surface area contributed by atoms with Crippen LogP contribution in [0.15, 0.2) is 11.6 Å². The third-order valence-electron chi connectivity index (χ3n) is 7.50. The van der Waals surface area contributed by atoms with Gasteiger partial charge in [-0.2, -0.15) is 0 Å². The van der Waals surface area contributed by atoms with Gasteiger partial charge in [-0.3, -0.25) is 4.79 Å². The van der Waals surface area contributed by atoms with Gasteiger partial charge in [-0.1, -0.05) is 5.57 Å². The van der Waals surface area contributed by atoms with Crippen molar-refractivity contribution in [1.29, 1.82) is 0 Å². The SMILES string of the molecule is CC1=CC(=O)C2(C)C(CC1)C(C(C)(C)OC1OC(CO)C(O)C(O)C1O)C1OC12. The van der Waals surface area contributed by atoms with E-state index in [0.29, 0.717) is 0 Å². The quantitative estimate of drug-likeness (QED) is 0.472. The van der Waals surface area contributed by atoms with Crippen LogP contribution in [0.2, 0.25) is 0 Å². The van der Waals surface area contributed by atoms with Crippen LogP contribution in [0.1, 0.15) is 40.5 Å². The van der Waals surface area contributed by atoms with Gasteiger partial charge in [-0.15, -0.1) is 0 Å². The minimum Gasteiger partial charge on any atom is -0.394 e. The van der Waals surface area contributed by atoms with Crippen LogP contribution in [0.3, 0.4) is 0 Å². The molecule has 10 atom stereocenters. The fourth-order valence-electron chi connectivity index (χ4n) is 5.75. The lowest BCUT2D eigenvalue weighted by Gasteiger charge is -2.46. The second-order valence-electron chi connectivity index (χ2n) is 9.75. The Morgan fingerprint density at radius 1 is 1.21 bits per heavy atom. The van der Waals surface area contributed by atoms with Crippen molar-refractivity contribution < 1.29 is 39.4 Å². The third kappa shape index (κ3) is 3.20. The number of carbonyl (C=O) groups is 1. The molecular weight excluding hydrogens is 380 g/mol. The Kier molecular flexibility index (Phi) is 5.22. The molecule has 4 N–H and O–H groups in total. The van der Waals surface area contributed by atoms with E-state index >= 15 is 0 Å². The molecule has 0 aromatic carbocycles. The van der Waals surface area contributed by atoms with Crippen LogP contribution >= 0.6 is 0 Å². The van der Waals surface area contributed by atoms with Gasteiger partial charge in [0.05, 0.1) is 29.8 Å². The van der Waals surface area contributed by atoms with Crippen molar-refractivity contribution in [3.05, 3.63) is 11.6 Å². The fraction of sp³-hybridized carbons (Fsp3) is 0.857. The van der Waals surface area contributed by atoms with Crippen LogP contribution in [-0.4, -0.2) is 81.3 Å². The number of allylic oxidation sites excluding steroid dienone is 2. The van der Waals surface area contributed by atoms with Crippen LogP contribution in [0.5, 0.6) is 0 Å². The Morgan fingerprint density at radius 3 is 2.55 bits per heavy atom. The van der Waals surface area contributed by atoms with Crippen molar-refractivity contribution >= 4 is 5.78 Å². The molecule has 0 spiro atoms. The summed E-state index contributed by atoms with van der Waals surface area (Å²) in [6.45, 7) is 7.18. The lowest BCUT2D eigenvalue weighted by atomic mass is 9.68. The highest BCUT2D eigenvalue weighted by Crippen LogP contribution is 2.64. The molecule has 8 heteroatoms. The largest absolute Gasteiger partial charge is 0.394 e. The Bertz CT molecular complexity index is 703. The van der Waals surface area contributed by atoms with E-state index in [0.717, 1.165) is 18.4 Å². The summed E-state index contributed by atoms with van der Waals surface area (Å²) in [4.78, 5) is 13.0. The molecule has 0 amide bonds. The van der Waals surface area contributed by atoms with E-state index in [1.165, 1.54) is 0 Å². The van der Waals surface area contributed by atoms with Crippen molar-refractivity contribution in [3.63, 3.8) is 0 Å². The summed E-state index contributed by atoms with van der Waals surface area (Å²) >= 11 is 0. The zero-order valence-electron chi connectivity index (χ0n) is 17.3. The zero-order valence-corrected chi connectivity index (χ0v) is 17.3. The highest BCUT2D eigenvalue weighted by Gasteiger charge is 2.73. The van der Waals surface area contributed by atoms with E-state index in [1.54, 1.807) is 6.08 Å². The maximum absolute atomic E-state index is 13.0. The van der Waals surface area contributed by atoms with E-state index in [9.17, 15) is 25.2 Å². The number of hydrogen-bond acceptors (Lipinski definition) is 8. The number of carbonyl (C=O) groups excluding carboxylic acids is 1. The van der Waals surface area contributed by atoms with Gasteiger partial charge in [0.25, 0.3) is 0 Å². The Hall–Kier alpha value is -0.870. The highest BCUT2D eigenvalue weighted by atomic mass is 16.7. The molecule has 29 heavy (non-hydrogen) atoms. The van der Waals surface area contributed by atoms with Gasteiger partial charge in [0.2, 0.25) is 0 Å². The van der Waals surface area contributed by atoms with Crippen molar-refractivity contribution in [2.24, 2.45) is 17.3 Å². The second kappa shape index (κ2) is 7.09. The summed E-state index contributed by atoms with van der Waals surface area (Å²) in [5, 5.41) is 39.9. The normalized spacial score (nSPS) is 49.9. The maximum atomic E-state index is 13.0. The molecular formula is C21H32O8. The first-order chi connectivity index (χ1) is 13.5. The van der Waals surface area contributed by atoms with Crippen LogP contribution in [-0.2, 0) is 19.0 Å². The number of ether oxygens (including phenoxy) is 3. The average molecular weight is 412 g/mol. The molecule has 1 saturated carbocycles. The van der Waals surface area contributed by atoms with Crippen LogP contribution in [0.4, 0.5) is 0 Å². The first kappa shape index (κ1) is 21.4. The predicted molar refractivity (Wildman–Crippen MR) is 101 cm³/mol. The highest BCUT2D eigenvalue weighted by molar-refractivity contribution is 5.97. The molecule has 0 radical (unpaired) electrons. The average Bonchev–Trinajstić information content (AvgIpc) is 3.41. The molecule has 2 heterocycles. The van der Waals surface area contributed by atoms with E-state index in [2.05, 4.69) is 0 Å². The second-order valence-corrected chi connectivity index (χ2v) is 9.75. The lowest BCUT2D eigenvalue weighted by Crippen LogP contribution is -2.61. The van der Waals surface area contributed by atoms with E-state index in [-0.39, 0.29) is 29.8 Å². The van der Waals surface area contributed by atoms with Gasteiger partial charge in [0, 0.05) is 5.92 Å². The van der Waals surface area contributed by atoms with E-state index in [1.807, 2.05) is 27.7 Å². The first-order valence-corrected chi connectivity index (χ1v) is 10.4. The van der Waals surface area contributed by atoms with Gasteiger partial charge in [-0.25, -0.2) is 0 Å². The van der Waals surface area contributed by atoms with Crippen molar-refractivity contribution in [2.45, 2.75) is 89.1 Å². The Morgan fingerprint density at radius 2 is 1.90 bits per heavy atom. The van der Waals surface area contributed by atoms with Crippen molar-refractivity contribution in [1.82, 2.24) is 0 Å². The third-order valence-corrected chi connectivity index (χ3v) is 7.50. The molecule has 2 aliphatic carbocycles. The van der Waals surface area contributed by atoms with Crippen LogP contribution < -0.4 is 0 Å². The monoisotopic (exact) mass is 412 g/mol. The Labute approximate surface area is 170 Å². The van der Waals surface area contributed by atoms with Crippen molar-refractivity contribution in [2.75, 3.05) is 6.61 Å². The summed E-state index contributed by atoms with van der Waals surface area (Å²) in [5.41, 5.74) is -0.383. The zero-order chi connectivity index (χ0) is 21.3.